The highest BCUT2D eigenvalue weighted by atomic mass is 16.1. The van der Waals surface area contributed by atoms with Crippen LogP contribution in [0.25, 0.3) is 0 Å². The number of piperidine rings is 1. The van der Waals surface area contributed by atoms with E-state index in [4.69, 9.17) is 0 Å². The Bertz CT molecular complexity index is 521. The molecular weight excluding hydrogens is 300 g/mol. The first kappa shape index (κ1) is 17.5. The summed E-state index contributed by atoms with van der Waals surface area (Å²) in [4.78, 5) is 14.6. The smallest absolute Gasteiger partial charge is 0.221 e. The van der Waals surface area contributed by atoms with E-state index in [2.05, 4.69) is 26.5 Å². The molecule has 134 valence electrons. The summed E-state index contributed by atoms with van der Waals surface area (Å²) in [7, 11) is 0. The average Bonchev–Trinajstić information content (AvgIpc) is 3.06. The minimum Gasteiger partial charge on any atom is -0.356 e. The van der Waals surface area contributed by atoms with E-state index in [-0.39, 0.29) is 5.91 Å². The van der Waals surface area contributed by atoms with Crippen LogP contribution < -0.4 is 5.32 Å². The quantitative estimate of drug-likeness (QED) is 0.842. The third-order valence-corrected chi connectivity index (χ3v) is 5.62. The molecule has 2 fully saturated rings. The average molecular weight is 332 g/mol. The predicted octanol–water partition coefficient (Wildman–Crippen LogP) is 2.98. The lowest BCUT2D eigenvalue weighted by Crippen LogP contribution is -2.38. The number of hydrogen-bond donors (Lipinski definition) is 2. The second-order valence-electron chi connectivity index (χ2n) is 7.67. The van der Waals surface area contributed by atoms with E-state index in [1.54, 1.807) is 0 Å². The van der Waals surface area contributed by atoms with Crippen LogP contribution >= 0.6 is 0 Å². The highest BCUT2D eigenvalue weighted by Crippen LogP contribution is 2.26. The number of aryl methyl sites for hydroxylation is 1. The lowest BCUT2D eigenvalue weighted by atomic mass is 9.89. The molecule has 24 heavy (non-hydrogen) atoms. The summed E-state index contributed by atoms with van der Waals surface area (Å²) in [5.74, 6) is 1.44. The number of carbonyl (C=O) groups excluding carboxylic acids is 1. The van der Waals surface area contributed by atoms with Crippen LogP contribution in [0.15, 0.2) is 6.07 Å². The molecule has 0 spiro atoms. The molecule has 1 saturated heterocycles. The highest BCUT2D eigenvalue weighted by Gasteiger charge is 2.23. The van der Waals surface area contributed by atoms with E-state index in [0.29, 0.717) is 18.3 Å². The monoisotopic (exact) mass is 332 g/mol. The van der Waals surface area contributed by atoms with Crippen LogP contribution in [0.1, 0.15) is 68.7 Å². The Morgan fingerprint density at radius 2 is 2.12 bits per heavy atom. The summed E-state index contributed by atoms with van der Waals surface area (Å²) >= 11 is 0. The number of H-pyrrole nitrogens is 1. The van der Waals surface area contributed by atoms with Crippen molar-refractivity contribution in [1.29, 1.82) is 0 Å². The number of aromatic nitrogens is 2. The zero-order valence-electron chi connectivity index (χ0n) is 15.0. The van der Waals surface area contributed by atoms with Crippen LogP contribution in [-0.4, -0.2) is 47.2 Å². The van der Waals surface area contributed by atoms with Crippen LogP contribution in [0, 0.1) is 12.8 Å². The summed E-state index contributed by atoms with van der Waals surface area (Å²) in [6, 6.07) is 2.16. The molecule has 0 unspecified atom stereocenters. The van der Waals surface area contributed by atoms with Gasteiger partial charge in [-0.3, -0.25) is 9.89 Å². The number of aromatic amines is 1. The topological polar surface area (TPSA) is 61.0 Å². The fourth-order valence-corrected chi connectivity index (χ4v) is 4.15. The van der Waals surface area contributed by atoms with Crippen molar-refractivity contribution in [3.8, 4) is 0 Å². The molecule has 1 aromatic rings. The van der Waals surface area contributed by atoms with Gasteiger partial charge in [-0.15, -0.1) is 0 Å². The van der Waals surface area contributed by atoms with E-state index in [1.807, 2.05) is 6.92 Å². The molecule has 1 atom stereocenters. The second kappa shape index (κ2) is 8.65. The van der Waals surface area contributed by atoms with Crippen LogP contribution in [0.4, 0.5) is 0 Å². The Balaban J connectivity index is 1.37. The van der Waals surface area contributed by atoms with Crippen LogP contribution in [-0.2, 0) is 4.79 Å². The zero-order valence-corrected chi connectivity index (χ0v) is 15.0. The van der Waals surface area contributed by atoms with Crippen molar-refractivity contribution in [3.05, 3.63) is 17.5 Å². The van der Waals surface area contributed by atoms with Gasteiger partial charge in [-0.25, -0.2) is 0 Å². The van der Waals surface area contributed by atoms with Gasteiger partial charge in [0.15, 0.2) is 0 Å². The van der Waals surface area contributed by atoms with Crippen molar-refractivity contribution in [2.45, 2.75) is 64.2 Å². The minimum atomic E-state index is 0.221. The summed E-state index contributed by atoms with van der Waals surface area (Å²) in [5, 5.41) is 10.6. The van der Waals surface area contributed by atoms with Crippen molar-refractivity contribution < 1.29 is 4.79 Å². The van der Waals surface area contributed by atoms with Gasteiger partial charge in [0.25, 0.3) is 0 Å². The van der Waals surface area contributed by atoms with E-state index in [9.17, 15) is 4.79 Å². The Morgan fingerprint density at radius 1 is 1.29 bits per heavy atom. The van der Waals surface area contributed by atoms with Crippen molar-refractivity contribution in [2.24, 2.45) is 5.92 Å². The zero-order chi connectivity index (χ0) is 16.8. The first-order valence-electron chi connectivity index (χ1n) is 9.71. The van der Waals surface area contributed by atoms with Gasteiger partial charge in [0.05, 0.1) is 5.69 Å². The number of nitrogens with one attached hydrogen (secondary N) is 2. The molecule has 1 amide bonds. The van der Waals surface area contributed by atoms with Crippen LogP contribution in [0.2, 0.25) is 0 Å². The van der Waals surface area contributed by atoms with Gasteiger partial charge in [-0.05, 0) is 51.1 Å². The molecule has 2 aliphatic rings. The first-order chi connectivity index (χ1) is 11.7. The van der Waals surface area contributed by atoms with Gasteiger partial charge < -0.3 is 10.2 Å². The molecular formula is C19H32N4O. The maximum absolute atomic E-state index is 12.1. The molecule has 0 aromatic carbocycles. The van der Waals surface area contributed by atoms with Gasteiger partial charge >= 0.3 is 0 Å². The minimum absolute atomic E-state index is 0.221. The molecule has 5 nitrogen and oxygen atoms in total. The normalized spacial score (nSPS) is 23.3. The number of rotatable bonds is 6. The summed E-state index contributed by atoms with van der Waals surface area (Å²) in [5.41, 5.74) is 2.31. The Labute approximate surface area is 145 Å². The van der Waals surface area contributed by atoms with Gasteiger partial charge in [0.2, 0.25) is 5.91 Å². The molecule has 2 N–H and O–H groups in total. The van der Waals surface area contributed by atoms with Crippen LogP contribution in [0.3, 0.4) is 0 Å². The van der Waals surface area contributed by atoms with Crippen molar-refractivity contribution in [2.75, 3.05) is 26.2 Å². The third kappa shape index (κ3) is 5.07. The van der Waals surface area contributed by atoms with Crippen LogP contribution in [0.5, 0.6) is 0 Å². The van der Waals surface area contributed by atoms with E-state index in [0.717, 1.165) is 31.9 Å². The first-order valence-corrected chi connectivity index (χ1v) is 9.71. The molecule has 3 rings (SSSR count). The number of hydrogen-bond acceptors (Lipinski definition) is 3. The molecule has 1 aliphatic carbocycles. The summed E-state index contributed by atoms with van der Waals surface area (Å²) < 4.78 is 0. The lowest BCUT2D eigenvalue weighted by Gasteiger charge is -2.31. The van der Waals surface area contributed by atoms with Gasteiger partial charge in [-0.1, -0.05) is 19.3 Å². The maximum Gasteiger partial charge on any atom is 0.221 e. The Morgan fingerprint density at radius 3 is 2.88 bits per heavy atom. The largest absolute Gasteiger partial charge is 0.356 e. The Kier molecular flexibility index (Phi) is 6.30. The second-order valence-corrected chi connectivity index (χ2v) is 7.67. The van der Waals surface area contributed by atoms with E-state index in [1.165, 1.54) is 50.6 Å². The fraction of sp³-hybridized carbons (Fsp3) is 0.789. The van der Waals surface area contributed by atoms with Gasteiger partial charge in [-0.2, -0.15) is 5.10 Å². The third-order valence-electron chi connectivity index (χ3n) is 5.62. The molecule has 0 bridgehead atoms. The molecule has 1 saturated carbocycles. The van der Waals surface area contributed by atoms with E-state index >= 15 is 0 Å². The molecule has 1 aromatic heterocycles. The predicted molar refractivity (Wildman–Crippen MR) is 95.9 cm³/mol. The SMILES string of the molecule is Cc1cc([C@H]2CCCN(CCC(=O)NCC3CCCCC3)C2)n[nH]1. The number of carbonyl (C=O) groups is 1. The van der Waals surface area contributed by atoms with Gasteiger partial charge in [0, 0.05) is 37.7 Å². The number of nitrogens with zero attached hydrogens (tertiary/aromatic N) is 2. The fourth-order valence-electron chi connectivity index (χ4n) is 4.15. The van der Waals surface area contributed by atoms with Crippen molar-refractivity contribution in [1.82, 2.24) is 20.4 Å². The number of likely N-dealkylation sites (tertiary alicyclic amines) is 1. The molecule has 5 heteroatoms. The molecule has 1 aliphatic heterocycles. The van der Waals surface area contributed by atoms with Crippen molar-refractivity contribution in [3.63, 3.8) is 0 Å². The van der Waals surface area contributed by atoms with E-state index < -0.39 is 0 Å². The summed E-state index contributed by atoms with van der Waals surface area (Å²) in [6.07, 6.45) is 9.64. The molecule has 0 radical (unpaired) electrons. The van der Waals surface area contributed by atoms with Gasteiger partial charge in [0.1, 0.15) is 0 Å². The summed E-state index contributed by atoms with van der Waals surface area (Å²) in [6.45, 7) is 5.94. The molecule has 2 heterocycles. The lowest BCUT2D eigenvalue weighted by molar-refractivity contribution is -0.121. The standard InChI is InChI=1S/C19H32N4O/c1-15-12-18(22-21-15)17-8-5-10-23(14-17)11-9-19(24)20-13-16-6-3-2-4-7-16/h12,16-17H,2-11,13-14H2,1H3,(H,20,24)(H,21,22)/t17-/m0/s1. The Hall–Kier alpha value is -1.36. The van der Waals surface area contributed by atoms with Crippen molar-refractivity contribution >= 4 is 5.91 Å². The number of amides is 1. The maximum atomic E-state index is 12.1. The highest BCUT2D eigenvalue weighted by molar-refractivity contribution is 5.76.